The zero-order chi connectivity index (χ0) is 12.8. The molecule has 0 bridgehead atoms. The number of H-pyrrole nitrogens is 1. The molecule has 0 fully saturated rings. The highest BCUT2D eigenvalue weighted by Crippen LogP contribution is 2.11. The summed E-state index contributed by atoms with van der Waals surface area (Å²) in [6, 6.07) is 11.1. The monoisotopic (exact) mass is 245 g/mol. The quantitative estimate of drug-likeness (QED) is 0.650. The molecule has 0 radical (unpaired) electrons. The maximum absolute atomic E-state index is 11.5. The number of ether oxygens (including phenoxy) is 2. The van der Waals surface area contributed by atoms with Crippen molar-refractivity contribution in [2.45, 2.75) is 6.92 Å². The van der Waals surface area contributed by atoms with Crippen LogP contribution in [0.1, 0.15) is 16.1 Å². The van der Waals surface area contributed by atoms with Crippen molar-refractivity contribution in [1.82, 2.24) is 4.98 Å². The SMILES string of the molecule is Cc1ccc(OCCOC(=O)c2ccc[nH]2)cc1. The van der Waals surface area contributed by atoms with E-state index in [1.54, 1.807) is 18.3 Å². The Morgan fingerprint density at radius 2 is 1.94 bits per heavy atom. The normalized spacial score (nSPS) is 10.1. The lowest BCUT2D eigenvalue weighted by Gasteiger charge is -2.07. The van der Waals surface area contributed by atoms with Gasteiger partial charge in [0.1, 0.15) is 24.7 Å². The smallest absolute Gasteiger partial charge is 0.354 e. The number of carbonyl (C=O) groups is 1. The molecule has 1 aromatic heterocycles. The molecule has 1 heterocycles. The molecule has 4 nitrogen and oxygen atoms in total. The maximum atomic E-state index is 11.5. The summed E-state index contributed by atoms with van der Waals surface area (Å²) in [5.74, 6) is 0.407. The van der Waals surface area contributed by atoms with E-state index in [2.05, 4.69) is 4.98 Å². The van der Waals surface area contributed by atoms with Crippen LogP contribution >= 0.6 is 0 Å². The molecule has 0 aliphatic rings. The first-order chi connectivity index (χ1) is 8.75. The van der Waals surface area contributed by atoms with Gasteiger partial charge in [0.25, 0.3) is 0 Å². The van der Waals surface area contributed by atoms with E-state index in [1.165, 1.54) is 5.56 Å². The second-order valence-electron chi connectivity index (χ2n) is 3.88. The number of hydrogen-bond acceptors (Lipinski definition) is 3. The van der Waals surface area contributed by atoms with E-state index >= 15 is 0 Å². The fourth-order valence-electron chi connectivity index (χ4n) is 1.46. The molecule has 0 amide bonds. The zero-order valence-corrected chi connectivity index (χ0v) is 10.2. The van der Waals surface area contributed by atoms with Gasteiger partial charge in [-0.1, -0.05) is 17.7 Å². The summed E-state index contributed by atoms with van der Waals surface area (Å²) in [5.41, 5.74) is 1.63. The van der Waals surface area contributed by atoms with Crippen LogP contribution < -0.4 is 4.74 Å². The Bertz CT molecular complexity index is 488. The van der Waals surface area contributed by atoms with Crippen LogP contribution in [0.4, 0.5) is 0 Å². The minimum atomic E-state index is -0.368. The van der Waals surface area contributed by atoms with E-state index in [0.717, 1.165) is 5.75 Å². The van der Waals surface area contributed by atoms with Crippen molar-refractivity contribution < 1.29 is 14.3 Å². The van der Waals surface area contributed by atoms with Crippen LogP contribution in [0.5, 0.6) is 5.75 Å². The second-order valence-corrected chi connectivity index (χ2v) is 3.88. The van der Waals surface area contributed by atoms with Gasteiger partial charge < -0.3 is 14.5 Å². The van der Waals surface area contributed by atoms with Crippen LogP contribution in [0.15, 0.2) is 42.6 Å². The van der Waals surface area contributed by atoms with Crippen molar-refractivity contribution in [3.8, 4) is 5.75 Å². The highest BCUT2D eigenvalue weighted by atomic mass is 16.6. The zero-order valence-electron chi connectivity index (χ0n) is 10.2. The van der Waals surface area contributed by atoms with E-state index in [4.69, 9.17) is 9.47 Å². The number of nitrogens with one attached hydrogen (secondary N) is 1. The summed E-state index contributed by atoms with van der Waals surface area (Å²) >= 11 is 0. The summed E-state index contributed by atoms with van der Waals surface area (Å²) in [5, 5.41) is 0. The standard InChI is InChI=1S/C14H15NO3/c1-11-4-6-12(7-5-11)17-9-10-18-14(16)13-3-2-8-15-13/h2-8,15H,9-10H2,1H3. The van der Waals surface area contributed by atoms with Crippen molar-refractivity contribution in [2.75, 3.05) is 13.2 Å². The molecule has 0 unspecified atom stereocenters. The van der Waals surface area contributed by atoms with Crippen LogP contribution in [0.25, 0.3) is 0 Å². The van der Waals surface area contributed by atoms with Gasteiger partial charge in [-0.2, -0.15) is 0 Å². The van der Waals surface area contributed by atoms with Gasteiger partial charge in [-0.05, 0) is 31.2 Å². The van der Waals surface area contributed by atoms with E-state index < -0.39 is 0 Å². The largest absolute Gasteiger partial charge is 0.490 e. The van der Waals surface area contributed by atoms with Crippen molar-refractivity contribution >= 4 is 5.97 Å². The summed E-state index contributed by atoms with van der Waals surface area (Å²) in [4.78, 5) is 14.2. The lowest BCUT2D eigenvalue weighted by molar-refractivity contribution is 0.0444. The minimum absolute atomic E-state index is 0.228. The predicted octanol–water partition coefficient (Wildman–Crippen LogP) is 2.56. The highest BCUT2D eigenvalue weighted by Gasteiger charge is 2.06. The average Bonchev–Trinajstić information content (AvgIpc) is 2.90. The van der Waals surface area contributed by atoms with E-state index in [9.17, 15) is 4.79 Å². The van der Waals surface area contributed by atoms with Crippen molar-refractivity contribution in [1.29, 1.82) is 0 Å². The molecule has 0 atom stereocenters. The number of aromatic nitrogens is 1. The van der Waals surface area contributed by atoms with Crippen molar-refractivity contribution in [3.63, 3.8) is 0 Å². The molecule has 0 aliphatic heterocycles. The topological polar surface area (TPSA) is 51.3 Å². The molecular formula is C14H15NO3. The molecule has 18 heavy (non-hydrogen) atoms. The number of aromatic amines is 1. The number of aryl methyl sites for hydroxylation is 1. The second kappa shape index (κ2) is 5.91. The number of hydrogen-bond donors (Lipinski definition) is 1. The van der Waals surface area contributed by atoms with Gasteiger partial charge in [0.2, 0.25) is 0 Å². The van der Waals surface area contributed by atoms with Gasteiger partial charge in [0, 0.05) is 6.20 Å². The van der Waals surface area contributed by atoms with Gasteiger partial charge in [-0.15, -0.1) is 0 Å². The highest BCUT2D eigenvalue weighted by molar-refractivity contribution is 5.87. The molecule has 2 aromatic rings. The first-order valence-corrected chi connectivity index (χ1v) is 5.76. The van der Waals surface area contributed by atoms with Crippen LogP contribution in [0.2, 0.25) is 0 Å². The Balaban J connectivity index is 1.70. The number of benzene rings is 1. The minimum Gasteiger partial charge on any atom is -0.490 e. The van der Waals surface area contributed by atoms with E-state index in [0.29, 0.717) is 12.3 Å². The van der Waals surface area contributed by atoms with Crippen molar-refractivity contribution in [3.05, 3.63) is 53.9 Å². The van der Waals surface area contributed by atoms with E-state index in [-0.39, 0.29) is 12.6 Å². The molecule has 1 aromatic carbocycles. The molecule has 2 rings (SSSR count). The van der Waals surface area contributed by atoms with Gasteiger partial charge in [0.05, 0.1) is 0 Å². The third-order valence-corrected chi connectivity index (χ3v) is 2.42. The Kier molecular flexibility index (Phi) is 4.02. The van der Waals surface area contributed by atoms with Gasteiger partial charge >= 0.3 is 5.97 Å². The summed E-state index contributed by atoms with van der Waals surface area (Å²) in [6.07, 6.45) is 1.68. The number of rotatable bonds is 5. The summed E-state index contributed by atoms with van der Waals surface area (Å²) < 4.78 is 10.5. The number of carbonyl (C=O) groups excluding carboxylic acids is 1. The van der Waals surface area contributed by atoms with Crippen molar-refractivity contribution in [2.24, 2.45) is 0 Å². The molecule has 0 spiro atoms. The predicted molar refractivity (Wildman–Crippen MR) is 67.7 cm³/mol. The van der Waals surface area contributed by atoms with Gasteiger partial charge in [0.15, 0.2) is 0 Å². The van der Waals surface area contributed by atoms with Gasteiger partial charge in [-0.3, -0.25) is 0 Å². The Morgan fingerprint density at radius 3 is 2.61 bits per heavy atom. The lowest BCUT2D eigenvalue weighted by Crippen LogP contribution is -2.12. The summed E-state index contributed by atoms with van der Waals surface area (Å²) in [7, 11) is 0. The molecule has 0 aliphatic carbocycles. The van der Waals surface area contributed by atoms with Crippen LogP contribution in [0, 0.1) is 6.92 Å². The average molecular weight is 245 g/mol. The molecule has 0 saturated heterocycles. The molecule has 1 N–H and O–H groups in total. The molecular weight excluding hydrogens is 230 g/mol. The fraction of sp³-hybridized carbons (Fsp3) is 0.214. The first kappa shape index (κ1) is 12.2. The van der Waals surface area contributed by atoms with Crippen LogP contribution in [0.3, 0.4) is 0 Å². The maximum Gasteiger partial charge on any atom is 0.354 e. The molecule has 4 heteroatoms. The van der Waals surface area contributed by atoms with E-state index in [1.807, 2.05) is 31.2 Å². The molecule has 94 valence electrons. The Labute approximate surface area is 106 Å². The Morgan fingerprint density at radius 1 is 1.17 bits per heavy atom. The van der Waals surface area contributed by atoms with Crippen LogP contribution in [-0.4, -0.2) is 24.2 Å². The summed E-state index contributed by atoms with van der Waals surface area (Å²) in [6.45, 7) is 2.59. The first-order valence-electron chi connectivity index (χ1n) is 5.76. The Hall–Kier alpha value is -2.23. The fourth-order valence-corrected chi connectivity index (χ4v) is 1.46. The molecule has 0 saturated carbocycles. The van der Waals surface area contributed by atoms with Crippen LogP contribution in [-0.2, 0) is 4.74 Å². The lowest BCUT2D eigenvalue weighted by atomic mass is 10.2. The number of esters is 1. The third-order valence-electron chi connectivity index (χ3n) is 2.42. The van der Waals surface area contributed by atoms with Gasteiger partial charge in [-0.25, -0.2) is 4.79 Å². The third kappa shape index (κ3) is 3.38.